The Morgan fingerprint density at radius 1 is 1.13 bits per heavy atom. The van der Waals surface area contributed by atoms with Gasteiger partial charge >= 0.3 is 0 Å². The number of hydrogen-bond acceptors (Lipinski definition) is 2. The fraction of sp³-hybridized carbons (Fsp3) is 0.308. The molecule has 0 atom stereocenters. The lowest BCUT2D eigenvalue weighted by Gasteiger charge is -2.04. The van der Waals surface area contributed by atoms with Crippen LogP contribution in [0.5, 0.6) is 0 Å². The summed E-state index contributed by atoms with van der Waals surface area (Å²) in [5.74, 6) is 0.887. The van der Waals surface area contributed by atoms with Crippen LogP contribution in [0.1, 0.15) is 32.8 Å². The lowest BCUT2D eigenvalue weighted by molar-refractivity contribution is 0.112. The van der Waals surface area contributed by atoms with Crippen molar-refractivity contribution in [2.24, 2.45) is 0 Å². The van der Waals surface area contributed by atoms with Gasteiger partial charge in [0.2, 0.25) is 0 Å². The van der Waals surface area contributed by atoms with Gasteiger partial charge in [0.05, 0.1) is 0 Å². The second kappa shape index (κ2) is 3.23. The van der Waals surface area contributed by atoms with Crippen molar-refractivity contribution >= 4 is 17.3 Å². The second-order valence-electron chi connectivity index (χ2n) is 4.01. The van der Waals surface area contributed by atoms with Crippen LogP contribution in [-0.2, 0) is 0 Å². The first kappa shape index (κ1) is 9.97. The molecule has 0 N–H and O–H groups in total. The standard InChI is InChI=1S/C13H14O2/c1-7-5-12-13(9(3)10(4)15-12)11(6-14)8(7)2/h5-6H,1-4H3. The van der Waals surface area contributed by atoms with Crippen LogP contribution in [-0.4, -0.2) is 6.29 Å². The molecule has 0 saturated heterocycles. The van der Waals surface area contributed by atoms with Crippen molar-refractivity contribution in [3.05, 3.63) is 34.1 Å². The van der Waals surface area contributed by atoms with Crippen LogP contribution < -0.4 is 0 Å². The van der Waals surface area contributed by atoms with Gasteiger partial charge in [0, 0.05) is 10.9 Å². The van der Waals surface area contributed by atoms with Crippen molar-refractivity contribution in [3.63, 3.8) is 0 Å². The zero-order chi connectivity index (χ0) is 11.2. The number of aldehydes is 1. The predicted molar refractivity (Wildman–Crippen MR) is 60.5 cm³/mol. The molecule has 2 rings (SSSR count). The fourth-order valence-electron chi connectivity index (χ4n) is 1.94. The van der Waals surface area contributed by atoms with E-state index >= 15 is 0 Å². The van der Waals surface area contributed by atoms with Crippen molar-refractivity contribution in [2.75, 3.05) is 0 Å². The van der Waals surface area contributed by atoms with Crippen LogP contribution in [0.3, 0.4) is 0 Å². The summed E-state index contributed by atoms with van der Waals surface area (Å²) >= 11 is 0. The van der Waals surface area contributed by atoms with E-state index in [1.165, 1.54) is 0 Å². The van der Waals surface area contributed by atoms with E-state index < -0.39 is 0 Å². The zero-order valence-corrected chi connectivity index (χ0v) is 9.47. The summed E-state index contributed by atoms with van der Waals surface area (Å²) in [6.07, 6.45) is 0.923. The molecule has 1 aromatic heterocycles. The van der Waals surface area contributed by atoms with E-state index in [1.807, 2.05) is 33.8 Å². The largest absolute Gasteiger partial charge is 0.461 e. The second-order valence-corrected chi connectivity index (χ2v) is 4.01. The average molecular weight is 202 g/mol. The van der Waals surface area contributed by atoms with Gasteiger partial charge in [0.1, 0.15) is 11.3 Å². The first-order chi connectivity index (χ1) is 7.06. The summed E-state index contributed by atoms with van der Waals surface area (Å²) in [5.41, 5.74) is 4.78. The highest BCUT2D eigenvalue weighted by molar-refractivity contribution is 6.00. The molecular weight excluding hydrogens is 188 g/mol. The van der Waals surface area contributed by atoms with Crippen LogP contribution in [0, 0.1) is 27.7 Å². The third-order valence-electron chi connectivity index (χ3n) is 3.14. The number of hydrogen-bond donors (Lipinski definition) is 0. The van der Waals surface area contributed by atoms with Gasteiger partial charge in [0.25, 0.3) is 0 Å². The number of furan rings is 1. The van der Waals surface area contributed by atoms with Crippen molar-refractivity contribution in [1.82, 2.24) is 0 Å². The Balaban J connectivity index is 3.02. The third-order valence-corrected chi connectivity index (χ3v) is 3.14. The molecule has 0 aliphatic rings. The van der Waals surface area contributed by atoms with Crippen LogP contribution >= 0.6 is 0 Å². The highest BCUT2D eigenvalue weighted by Gasteiger charge is 2.14. The van der Waals surface area contributed by atoms with Crippen LogP contribution in [0.25, 0.3) is 11.0 Å². The van der Waals surface area contributed by atoms with Gasteiger partial charge in [0.15, 0.2) is 6.29 Å². The number of carbonyl (C=O) groups excluding carboxylic acids is 1. The van der Waals surface area contributed by atoms with Crippen LogP contribution in [0.2, 0.25) is 0 Å². The van der Waals surface area contributed by atoms with Crippen molar-refractivity contribution in [3.8, 4) is 0 Å². The Morgan fingerprint density at radius 2 is 1.80 bits per heavy atom. The van der Waals surface area contributed by atoms with Gasteiger partial charge < -0.3 is 4.42 Å². The van der Waals surface area contributed by atoms with E-state index in [0.29, 0.717) is 0 Å². The molecule has 78 valence electrons. The summed E-state index contributed by atoms with van der Waals surface area (Å²) in [6.45, 7) is 7.88. The molecule has 0 bridgehead atoms. The van der Waals surface area contributed by atoms with Crippen molar-refractivity contribution in [1.29, 1.82) is 0 Å². The smallest absolute Gasteiger partial charge is 0.151 e. The van der Waals surface area contributed by atoms with Gasteiger partial charge in [-0.2, -0.15) is 0 Å². The van der Waals surface area contributed by atoms with E-state index in [-0.39, 0.29) is 0 Å². The van der Waals surface area contributed by atoms with Gasteiger partial charge in [-0.1, -0.05) is 0 Å². The summed E-state index contributed by atoms with van der Waals surface area (Å²) in [7, 11) is 0. The summed E-state index contributed by atoms with van der Waals surface area (Å²) < 4.78 is 5.62. The minimum Gasteiger partial charge on any atom is -0.461 e. The number of rotatable bonds is 1. The van der Waals surface area contributed by atoms with E-state index in [9.17, 15) is 4.79 Å². The molecule has 0 unspecified atom stereocenters. The lowest BCUT2D eigenvalue weighted by Crippen LogP contribution is -1.92. The van der Waals surface area contributed by atoms with E-state index in [2.05, 4.69) is 0 Å². The van der Waals surface area contributed by atoms with Crippen LogP contribution in [0.15, 0.2) is 10.5 Å². The summed E-state index contributed by atoms with van der Waals surface area (Å²) in [4.78, 5) is 11.1. The zero-order valence-electron chi connectivity index (χ0n) is 9.47. The SMILES string of the molecule is Cc1cc2oc(C)c(C)c2c(C=O)c1C. The molecule has 0 spiro atoms. The Morgan fingerprint density at radius 3 is 2.40 bits per heavy atom. The molecule has 1 heterocycles. The average Bonchev–Trinajstić information content (AvgIpc) is 2.46. The Bertz CT molecular complexity index is 547. The van der Waals surface area contributed by atoms with Crippen LogP contribution in [0.4, 0.5) is 0 Å². The third kappa shape index (κ3) is 1.29. The molecule has 1 aromatic carbocycles. The molecular formula is C13H14O2. The number of fused-ring (bicyclic) bond motifs is 1. The number of carbonyl (C=O) groups is 1. The van der Waals surface area contributed by atoms with Gasteiger partial charge in [-0.3, -0.25) is 4.79 Å². The number of aryl methyl sites for hydroxylation is 3. The monoisotopic (exact) mass is 202 g/mol. The summed E-state index contributed by atoms with van der Waals surface area (Å²) in [6, 6.07) is 2.00. The molecule has 0 saturated carbocycles. The quantitative estimate of drug-likeness (QED) is 0.663. The Labute approximate surface area is 88.9 Å². The Kier molecular flexibility index (Phi) is 2.14. The maximum absolute atomic E-state index is 11.1. The lowest BCUT2D eigenvalue weighted by atomic mass is 9.98. The highest BCUT2D eigenvalue weighted by atomic mass is 16.3. The maximum atomic E-state index is 11.1. The molecule has 0 fully saturated rings. The molecule has 2 aromatic rings. The first-order valence-corrected chi connectivity index (χ1v) is 5.01. The van der Waals surface area contributed by atoms with E-state index in [1.54, 1.807) is 0 Å². The minimum absolute atomic E-state index is 0.763. The van der Waals surface area contributed by atoms with Crippen molar-refractivity contribution in [2.45, 2.75) is 27.7 Å². The molecule has 0 aliphatic heterocycles. The first-order valence-electron chi connectivity index (χ1n) is 5.01. The Hall–Kier alpha value is -1.57. The van der Waals surface area contributed by atoms with E-state index in [4.69, 9.17) is 4.42 Å². The summed E-state index contributed by atoms with van der Waals surface area (Å²) in [5, 5.41) is 0.964. The molecule has 0 aliphatic carbocycles. The molecule has 0 radical (unpaired) electrons. The minimum atomic E-state index is 0.763. The van der Waals surface area contributed by atoms with Gasteiger partial charge in [-0.15, -0.1) is 0 Å². The van der Waals surface area contributed by atoms with Gasteiger partial charge in [-0.05, 0) is 50.5 Å². The highest BCUT2D eigenvalue weighted by Crippen LogP contribution is 2.30. The van der Waals surface area contributed by atoms with Crippen molar-refractivity contribution < 1.29 is 9.21 Å². The molecule has 2 nitrogen and oxygen atoms in total. The molecule has 0 amide bonds. The van der Waals surface area contributed by atoms with Gasteiger partial charge in [-0.25, -0.2) is 0 Å². The topological polar surface area (TPSA) is 30.2 Å². The fourth-order valence-corrected chi connectivity index (χ4v) is 1.94. The molecule has 15 heavy (non-hydrogen) atoms. The predicted octanol–water partition coefficient (Wildman–Crippen LogP) is 3.48. The maximum Gasteiger partial charge on any atom is 0.151 e. The normalized spacial score (nSPS) is 10.9. The van der Waals surface area contributed by atoms with E-state index in [0.717, 1.165) is 45.3 Å². The molecule has 2 heteroatoms. The number of benzene rings is 1.